The van der Waals surface area contributed by atoms with Crippen molar-refractivity contribution < 1.29 is 9.53 Å². The Balaban J connectivity index is 2.05. The number of hydrogen-bond acceptors (Lipinski definition) is 2. The van der Waals surface area contributed by atoms with Crippen molar-refractivity contribution in [2.45, 2.75) is 31.5 Å². The van der Waals surface area contributed by atoms with E-state index >= 15 is 0 Å². The van der Waals surface area contributed by atoms with Gasteiger partial charge in [-0.15, -0.1) is 0 Å². The van der Waals surface area contributed by atoms with E-state index < -0.39 is 0 Å². The second kappa shape index (κ2) is 2.13. The Morgan fingerprint density at radius 2 is 2.46 bits per heavy atom. The summed E-state index contributed by atoms with van der Waals surface area (Å²) in [5, 5.41) is 0. The quantitative estimate of drug-likeness (QED) is 0.525. The van der Waals surface area contributed by atoms with E-state index in [1.807, 2.05) is 25.2 Å². The molecule has 3 atom stereocenters. The number of ether oxygens (including phenoxy) is 1. The standard InChI is InChI=1S/C11H12O2/c1-7-5-6-11-8(10(7)12)3-2-4-9(11)13-11/h2-4,7,9H,5-6H2,1H3. The van der Waals surface area contributed by atoms with Crippen LogP contribution in [0, 0.1) is 5.92 Å². The third-order valence-electron chi connectivity index (χ3n) is 3.41. The Kier molecular flexibility index (Phi) is 1.23. The highest BCUT2D eigenvalue weighted by atomic mass is 16.6. The van der Waals surface area contributed by atoms with Gasteiger partial charge in [-0.1, -0.05) is 25.2 Å². The second-order valence-electron chi connectivity index (χ2n) is 4.20. The SMILES string of the molecule is CC1CCC23OC2C=CC=C3C1=O. The van der Waals surface area contributed by atoms with Crippen LogP contribution in [-0.2, 0) is 9.53 Å². The van der Waals surface area contributed by atoms with E-state index in [0.717, 1.165) is 18.4 Å². The molecule has 0 bridgehead atoms. The van der Waals surface area contributed by atoms with Crippen LogP contribution in [0.3, 0.4) is 0 Å². The van der Waals surface area contributed by atoms with Crippen LogP contribution < -0.4 is 0 Å². The number of allylic oxidation sites excluding steroid dienone is 2. The Hall–Kier alpha value is -0.890. The molecule has 3 rings (SSSR count). The first-order chi connectivity index (χ1) is 6.24. The van der Waals surface area contributed by atoms with Gasteiger partial charge in [0.2, 0.25) is 0 Å². The fraction of sp³-hybridized carbons (Fsp3) is 0.545. The van der Waals surface area contributed by atoms with E-state index in [1.165, 1.54) is 0 Å². The molecule has 0 N–H and O–H groups in total. The predicted molar refractivity (Wildman–Crippen MR) is 48.2 cm³/mol. The summed E-state index contributed by atoms with van der Waals surface area (Å²) in [6, 6.07) is 0. The molecule has 2 nitrogen and oxygen atoms in total. The van der Waals surface area contributed by atoms with E-state index in [2.05, 4.69) is 0 Å². The molecule has 1 saturated carbocycles. The van der Waals surface area contributed by atoms with Gasteiger partial charge in [0.25, 0.3) is 0 Å². The van der Waals surface area contributed by atoms with Crippen molar-refractivity contribution >= 4 is 5.78 Å². The molecule has 2 fully saturated rings. The van der Waals surface area contributed by atoms with E-state index in [1.54, 1.807) is 0 Å². The summed E-state index contributed by atoms with van der Waals surface area (Å²) in [6.07, 6.45) is 8.11. The van der Waals surface area contributed by atoms with Crippen molar-refractivity contribution in [1.82, 2.24) is 0 Å². The zero-order chi connectivity index (χ0) is 9.05. The lowest BCUT2D eigenvalue weighted by Crippen LogP contribution is -2.34. The maximum Gasteiger partial charge on any atom is 0.164 e. The van der Waals surface area contributed by atoms with Crippen LogP contribution in [-0.4, -0.2) is 17.5 Å². The van der Waals surface area contributed by atoms with Gasteiger partial charge in [0.05, 0.1) is 0 Å². The van der Waals surface area contributed by atoms with E-state index in [9.17, 15) is 4.79 Å². The Labute approximate surface area is 77.3 Å². The molecular weight excluding hydrogens is 164 g/mol. The zero-order valence-electron chi connectivity index (χ0n) is 7.62. The second-order valence-corrected chi connectivity index (χ2v) is 4.20. The maximum absolute atomic E-state index is 11.8. The van der Waals surface area contributed by atoms with Gasteiger partial charge >= 0.3 is 0 Å². The lowest BCUT2D eigenvalue weighted by Gasteiger charge is -2.26. The summed E-state index contributed by atoms with van der Waals surface area (Å²) in [4.78, 5) is 11.8. The number of rotatable bonds is 0. The zero-order valence-corrected chi connectivity index (χ0v) is 7.62. The van der Waals surface area contributed by atoms with Crippen molar-refractivity contribution in [3.63, 3.8) is 0 Å². The van der Waals surface area contributed by atoms with Gasteiger partial charge in [-0.25, -0.2) is 0 Å². The van der Waals surface area contributed by atoms with Gasteiger partial charge in [0.1, 0.15) is 11.7 Å². The molecular formula is C11H12O2. The number of epoxide rings is 1. The first-order valence-electron chi connectivity index (χ1n) is 4.85. The molecule has 0 amide bonds. The fourth-order valence-electron chi connectivity index (χ4n) is 2.45. The lowest BCUT2D eigenvalue weighted by atomic mass is 9.74. The molecule has 3 unspecified atom stereocenters. The largest absolute Gasteiger partial charge is 0.356 e. The normalized spacial score (nSPS) is 46.5. The van der Waals surface area contributed by atoms with Crippen LogP contribution >= 0.6 is 0 Å². The molecule has 3 aliphatic rings. The molecule has 1 saturated heterocycles. The molecule has 0 aromatic heterocycles. The Morgan fingerprint density at radius 3 is 3.31 bits per heavy atom. The van der Waals surface area contributed by atoms with E-state index in [0.29, 0.717) is 0 Å². The number of ketones is 1. The van der Waals surface area contributed by atoms with Crippen LogP contribution in [0.5, 0.6) is 0 Å². The number of Topliss-reactive ketones (excluding diaryl/α,β-unsaturated/α-hetero) is 1. The van der Waals surface area contributed by atoms with Crippen LogP contribution in [0.15, 0.2) is 23.8 Å². The lowest BCUT2D eigenvalue weighted by molar-refractivity contribution is -0.120. The van der Waals surface area contributed by atoms with Gasteiger partial charge in [-0.05, 0) is 12.8 Å². The van der Waals surface area contributed by atoms with Gasteiger partial charge in [0.15, 0.2) is 5.78 Å². The fourth-order valence-corrected chi connectivity index (χ4v) is 2.45. The minimum atomic E-state index is -0.182. The number of carbonyl (C=O) groups is 1. The van der Waals surface area contributed by atoms with Gasteiger partial charge in [-0.2, -0.15) is 0 Å². The van der Waals surface area contributed by atoms with Crippen molar-refractivity contribution in [3.05, 3.63) is 23.8 Å². The highest BCUT2D eigenvalue weighted by Crippen LogP contribution is 2.53. The molecule has 2 aliphatic carbocycles. The Morgan fingerprint density at radius 1 is 1.62 bits per heavy atom. The Bertz CT molecular complexity index is 340. The molecule has 1 aliphatic heterocycles. The van der Waals surface area contributed by atoms with Crippen molar-refractivity contribution in [2.24, 2.45) is 5.92 Å². The molecule has 1 spiro atoms. The van der Waals surface area contributed by atoms with Crippen molar-refractivity contribution in [1.29, 1.82) is 0 Å². The molecule has 0 aromatic carbocycles. The van der Waals surface area contributed by atoms with Crippen molar-refractivity contribution in [3.8, 4) is 0 Å². The summed E-state index contributed by atoms with van der Waals surface area (Å²) in [7, 11) is 0. The molecule has 1 heterocycles. The summed E-state index contributed by atoms with van der Waals surface area (Å²) in [5.74, 6) is 0.478. The first kappa shape index (κ1) is 7.51. The van der Waals surface area contributed by atoms with E-state index in [4.69, 9.17) is 4.74 Å². The minimum absolute atomic E-state index is 0.182. The summed E-state index contributed by atoms with van der Waals surface area (Å²) >= 11 is 0. The minimum Gasteiger partial charge on any atom is -0.356 e. The number of carbonyl (C=O) groups excluding carboxylic acids is 1. The van der Waals surface area contributed by atoms with Crippen molar-refractivity contribution in [2.75, 3.05) is 0 Å². The van der Waals surface area contributed by atoms with E-state index in [-0.39, 0.29) is 23.4 Å². The third-order valence-corrected chi connectivity index (χ3v) is 3.41. The average Bonchev–Trinajstić information content (AvgIpc) is 2.85. The molecule has 0 radical (unpaired) electrons. The number of hydrogen-bond donors (Lipinski definition) is 0. The highest BCUT2D eigenvalue weighted by molar-refractivity contribution is 6.01. The van der Waals surface area contributed by atoms with Gasteiger partial charge < -0.3 is 4.74 Å². The average molecular weight is 176 g/mol. The molecule has 68 valence electrons. The smallest absolute Gasteiger partial charge is 0.164 e. The summed E-state index contributed by atoms with van der Waals surface area (Å²) < 4.78 is 5.61. The third kappa shape index (κ3) is 0.792. The van der Waals surface area contributed by atoms with Crippen LogP contribution in [0.4, 0.5) is 0 Å². The summed E-state index contributed by atoms with van der Waals surface area (Å²) in [6.45, 7) is 2.01. The maximum atomic E-state index is 11.8. The van der Waals surface area contributed by atoms with Crippen LogP contribution in [0.1, 0.15) is 19.8 Å². The first-order valence-corrected chi connectivity index (χ1v) is 4.85. The highest BCUT2D eigenvalue weighted by Gasteiger charge is 2.62. The van der Waals surface area contributed by atoms with Gasteiger partial charge in [-0.3, -0.25) is 4.79 Å². The molecule has 2 heteroatoms. The predicted octanol–water partition coefficient (Wildman–Crippen LogP) is 1.62. The summed E-state index contributed by atoms with van der Waals surface area (Å²) in [5.41, 5.74) is 0.733. The van der Waals surface area contributed by atoms with Gasteiger partial charge in [0, 0.05) is 11.5 Å². The van der Waals surface area contributed by atoms with Crippen LogP contribution in [0.25, 0.3) is 0 Å². The monoisotopic (exact) mass is 176 g/mol. The van der Waals surface area contributed by atoms with Crippen LogP contribution in [0.2, 0.25) is 0 Å². The molecule has 0 aromatic rings. The molecule has 13 heavy (non-hydrogen) atoms. The topological polar surface area (TPSA) is 29.6 Å².